The van der Waals surface area contributed by atoms with Crippen LogP contribution < -0.4 is 0 Å². The highest BCUT2D eigenvalue weighted by atomic mass is 32.1. The monoisotopic (exact) mass is 274 g/mol. The quantitative estimate of drug-likeness (QED) is 0.914. The zero-order valence-electron chi connectivity index (χ0n) is 8.60. The molecule has 2 heterocycles. The predicted molar refractivity (Wildman–Crippen MR) is 57.3 cm³/mol. The summed E-state index contributed by atoms with van der Waals surface area (Å²) >= 11 is 1.28. The van der Waals surface area contributed by atoms with Crippen molar-refractivity contribution in [3.05, 3.63) is 34.3 Å². The molecular weight excluding hydrogens is 269 g/mol. The first-order valence-electron chi connectivity index (χ1n) is 4.59. The van der Waals surface area contributed by atoms with Crippen molar-refractivity contribution in [3.8, 4) is 11.4 Å². The lowest BCUT2D eigenvalue weighted by molar-refractivity contribution is -0.141. The first-order valence-corrected chi connectivity index (χ1v) is 5.54. The number of hydrogen-bond donors (Lipinski definition) is 1. The molecule has 0 bridgehead atoms. The Morgan fingerprint density at radius 3 is 2.61 bits per heavy atom. The van der Waals surface area contributed by atoms with Crippen LogP contribution in [-0.4, -0.2) is 21.0 Å². The van der Waals surface area contributed by atoms with Crippen molar-refractivity contribution in [2.75, 3.05) is 0 Å². The van der Waals surface area contributed by atoms with Gasteiger partial charge in [-0.2, -0.15) is 24.5 Å². The molecule has 1 N–H and O–H groups in total. The number of thiophene rings is 1. The first kappa shape index (κ1) is 12.5. The molecule has 0 saturated carbocycles. The summed E-state index contributed by atoms with van der Waals surface area (Å²) in [6.45, 7) is 0. The Kier molecular flexibility index (Phi) is 3.04. The van der Waals surface area contributed by atoms with Crippen LogP contribution >= 0.6 is 11.3 Å². The molecule has 0 aliphatic carbocycles. The van der Waals surface area contributed by atoms with Crippen LogP contribution in [0.5, 0.6) is 0 Å². The van der Waals surface area contributed by atoms with Crippen LogP contribution in [0.1, 0.15) is 16.1 Å². The minimum absolute atomic E-state index is 0.145. The van der Waals surface area contributed by atoms with Gasteiger partial charge in [0.15, 0.2) is 11.5 Å². The van der Waals surface area contributed by atoms with Gasteiger partial charge in [0.1, 0.15) is 5.56 Å². The summed E-state index contributed by atoms with van der Waals surface area (Å²) < 4.78 is 38.0. The molecule has 0 fully saturated rings. The number of aromatic nitrogens is 2. The highest BCUT2D eigenvalue weighted by molar-refractivity contribution is 7.08. The third-order valence-corrected chi connectivity index (χ3v) is 2.75. The van der Waals surface area contributed by atoms with E-state index in [4.69, 9.17) is 5.11 Å². The minimum atomic E-state index is -4.83. The van der Waals surface area contributed by atoms with Gasteiger partial charge in [-0.25, -0.2) is 14.8 Å². The normalized spacial score (nSPS) is 11.5. The van der Waals surface area contributed by atoms with E-state index in [1.807, 2.05) is 0 Å². The van der Waals surface area contributed by atoms with Crippen LogP contribution in [0.15, 0.2) is 23.0 Å². The molecule has 94 valence electrons. The lowest BCUT2D eigenvalue weighted by atomic mass is 10.2. The number of aromatic carboxylic acids is 1. The smallest absolute Gasteiger partial charge is 0.434 e. The molecule has 0 radical (unpaired) electrons. The third kappa shape index (κ3) is 2.33. The summed E-state index contributed by atoms with van der Waals surface area (Å²) in [6.07, 6.45) is -4.16. The number of carbonyl (C=O) groups is 1. The number of alkyl halides is 3. The van der Waals surface area contributed by atoms with E-state index >= 15 is 0 Å². The van der Waals surface area contributed by atoms with Crippen molar-refractivity contribution >= 4 is 17.3 Å². The lowest BCUT2D eigenvalue weighted by Crippen LogP contribution is -2.16. The fourth-order valence-corrected chi connectivity index (χ4v) is 1.92. The zero-order valence-corrected chi connectivity index (χ0v) is 9.42. The van der Waals surface area contributed by atoms with E-state index in [-0.39, 0.29) is 5.82 Å². The molecule has 2 aromatic heterocycles. The van der Waals surface area contributed by atoms with Crippen LogP contribution in [0.25, 0.3) is 11.4 Å². The maximum atomic E-state index is 12.7. The number of carboxylic acids is 1. The van der Waals surface area contributed by atoms with Gasteiger partial charge in [0.05, 0.1) is 0 Å². The number of carboxylic acid groups (broad SMARTS) is 1. The highest BCUT2D eigenvalue weighted by Gasteiger charge is 2.38. The molecule has 0 atom stereocenters. The van der Waals surface area contributed by atoms with E-state index in [2.05, 4.69) is 9.97 Å². The average molecular weight is 274 g/mol. The summed E-state index contributed by atoms with van der Waals surface area (Å²) in [5.74, 6) is -1.85. The second-order valence-corrected chi connectivity index (χ2v) is 4.05. The zero-order chi connectivity index (χ0) is 13.3. The van der Waals surface area contributed by atoms with Crippen molar-refractivity contribution in [1.29, 1.82) is 0 Å². The molecule has 2 rings (SSSR count). The maximum absolute atomic E-state index is 12.7. The number of hydrogen-bond acceptors (Lipinski definition) is 4. The summed E-state index contributed by atoms with van der Waals surface area (Å²) in [5.41, 5.74) is -1.98. The van der Waals surface area contributed by atoms with Gasteiger partial charge in [-0.15, -0.1) is 0 Å². The number of rotatable bonds is 2. The van der Waals surface area contributed by atoms with Crippen molar-refractivity contribution in [2.24, 2.45) is 0 Å². The van der Waals surface area contributed by atoms with Crippen LogP contribution in [0, 0.1) is 0 Å². The van der Waals surface area contributed by atoms with Gasteiger partial charge in [-0.1, -0.05) is 0 Å². The molecule has 0 aromatic carbocycles. The van der Waals surface area contributed by atoms with Gasteiger partial charge in [0.25, 0.3) is 0 Å². The molecule has 0 unspecified atom stereocenters. The second kappa shape index (κ2) is 4.37. The molecule has 0 spiro atoms. The van der Waals surface area contributed by atoms with E-state index in [1.165, 1.54) is 11.3 Å². The summed E-state index contributed by atoms with van der Waals surface area (Å²) in [7, 11) is 0. The summed E-state index contributed by atoms with van der Waals surface area (Å²) in [5, 5.41) is 11.9. The van der Waals surface area contributed by atoms with Crippen LogP contribution in [0.4, 0.5) is 13.2 Å². The van der Waals surface area contributed by atoms with E-state index < -0.39 is 23.4 Å². The van der Waals surface area contributed by atoms with Gasteiger partial charge < -0.3 is 5.11 Å². The number of halogens is 3. The third-order valence-electron chi connectivity index (χ3n) is 2.07. The largest absolute Gasteiger partial charge is 0.478 e. The topological polar surface area (TPSA) is 63.1 Å². The SMILES string of the molecule is O=C(O)c1cnc(-c2ccsc2)nc1C(F)(F)F. The molecule has 8 heteroatoms. The molecule has 0 saturated heterocycles. The lowest BCUT2D eigenvalue weighted by Gasteiger charge is -2.09. The van der Waals surface area contributed by atoms with E-state index in [1.54, 1.807) is 16.8 Å². The maximum Gasteiger partial charge on any atom is 0.434 e. The van der Waals surface area contributed by atoms with Gasteiger partial charge in [0, 0.05) is 17.1 Å². The summed E-state index contributed by atoms with van der Waals surface area (Å²) in [4.78, 5) is 17.6. The highest BCUT2D eigenvalue weighted by Crippen LogP contribution is 2.31. The van der Waals surface area contributed by atoms with Gasteiger partial charge in [0.2, 0.25) is 0 Å². The Morgan fingerprint density at radius 2 is 2.11 bits per heavy atom. The van der Waals surface area contributed by atoms with Crippen molar-refractivity contribution < 1.29 is 23.1 Å². The average Bonchev–Trinajstić information content (AvgIpc) is 2.80. The van der Waals surface area contributed by atoms with Gasteiger partial charge >= 0.3 is 12.1 Å². The Bertz CT molecular complexity index is 581. The molecule has 0 aliphatic heterocycles. The Labute approximate surface area is 103 Å². The van der Waals surface area contributed by atoms with Gasteiger partial charge in [-0.3, -0.25) is 0 Å². The number of nitrogens with zero attached hydrogens (tertiary/aromatic N) is 2. The Morgan fingerprint density at radius 1 is 1.39 bits per heavy atom. The van der Waals surface area contributed by atoms with E-state index in [0.29, 0.717) is 11.8 Å². The molecule has 0 amide bonds. The molecule has 2 aromatic rings. The van der Waals surface area contributed by atoms with Crippen LogP contribution in [-0.2, 0) is 6.18 Å². The molecule has 4 nitrogen and oxygen atoms in total. The Balaban J connectivity index is 2.60. The summed E-state index contributed by atoms with van der Waals surface area (Å²) in [6, 6.07) is 1.56. The van der Waals surface area contributed by atoms with Gasteiger partial charge in [-0.05, 0) is 11.4 Å². The van der Waals surface area contributed by atoms with Crippen molar-refractivity contribution in [2.45, 2.75) is 6.18 Å². The molecule has 18 heavy (non-hydrogen) atoms. The first-order chi connectivity index (χ1) is 8.39. The fourth-order valence-electron chi connectivity index (χ4n) is 1.29. The predicted octanol–water partition coefficient (Wildman–Crippen LogP) is 2.92. The standard InChI is InChI=1S/C10H5F3N2O2S/c11-10(12,13)7-6(9(16)17)3-14-8(15-7)5-1-2-18-4-5/h1-4H,(H,16,17). The molecule has 0 aliphatic rings. The van der Waals surface area contributed by atoms with Crippen LogP contribution in [0.3, 0.4) is 0 Å². The van der Waals surface area contributed by atoms with E-state index in [9.17, 15) is 18.0 Å². The van der Waals surface area contributed by atoms with Crippen molar-refractivity contribution in [3.63, 3.8) is 0 Å². The van der Waals surface area contributed by atoms with Crippen molar-refractivity contribution in [1.82, 2.24) is 9.97 Å². The fraction of sp³-hybridized carbons (Fsp3) is 0.100. The minimum Gasteiger partial charge on any atom is -0.478 e. The van der Waals surface area contributed by atoms with E-state index in [0.717, 1.165) is 0 Å². The van der Waals surface area contributed by atoms with Crippen LogP contribution in [0.2, 0.25) is 0 Å². The molecular formula is C10H5F3N2O2S. The Hall–Kier alpha value is -1.96. The second-order valence-electron chi connectivity index (χ2n) is 3.27.